The van der Waals surface area contributed by atoms with Gasteiger partial charge in [-0.2, -0.15) is 5.10 Å². The number of carbonyl (C=O) groups excluding carboxylic acids is 1. The van der Waals surface area contributed by atoms with Gasteiger partial charge in [-0.25, -0.2) is 33.2 Å². The molecule has 0 N–H and O–H groups in total. The third-order valence-electron chi connectivity index (χ3n) is 5.44. The number of hydrogen-bond acceptors (Lipinski definition) is 6. The summed E-state index contributed by atoms with van der Waals surface area (Å²) in [4.78, 5) is 25.6. The van der Waals surface area contributed by atoms with Crippen molar-refractivity contribution in [3.05, 3.63) is 95.9 Å². The quantitative estimate of drug-likeness (QED) is 0.322. The van der Waals surface area contributed by atoms with E-state index in [9.17, 15) is 13.6 Å². The van der Waals surface area contributed by atoms with E-state index in [0.29, 0.717) is 39.2 Å². The minimum Gasteiger partial charge on any atom is -0.462 e. The molecule has 0 aliphatic rings. The molecule has 0 atom stereocenters. The molecule has 35 heavy (non-hydrogen) atoms. The van der Waals surface area contributed by atoms with Gasteiger partial charge in [-0.1, -0.05) is 24.3 Å². The average Bonchev–Trinajstić information content (AvgIpc) is 3.24. The van der Waals surface area contributed by atoms with Gasteiger partial charge in [-0.15, -0.1) is 0 Å². The molecule has 0 bridgehead atoms. The first-order valence-corrected chi connectivity index (χ1v) is 10.9. The summed E-state index contributed by atoms with van der Waals surface area (Å²) < 4.78 is 34.7. The van der Waals surface area contributed by atoms with Crippen LogP contribution in [0.1, 0.15) is 22.8 Å². The number of ether oxygens (including phenoxy) is 1. The van der Waals surface area contributed by atoms with Gasteiger partial charge in [0.1, 0.15) is 17.3 Å². The lowest BCUT2D eigenvalue weighted by atomic mass is 10.0. The van der Waals surface area contributed by atoms with E-state index < -0.39 is 11.8 Å². The third-order valence-corrected chi connectivity index (χ3v) is 5.44. The van der Waals surface area contributed by atoms with Crippen molar-refractivity contribution >= 4 is 17.0 Å². The van der Waals surface area contributed by atoms with Gasteiger partial charge < -0.3 is 4.74 Å². The second-order valence-electron chi connectivity index (χ2n) is 7.68. The van der Waals surface area contributed by atoms with Crippen LogP contribution in [0.15, 0.2) is 73.2 Å². The van der Waals surface area contributed by atoms with Crippen molar-refractivity contribution < 1.29 is 18.3 Å². The number of pyridine rings is 1. The Balaban J connectivity index is 1.53. The Labute approximate surface area is 199 Å². The molecule has 2 aromatic carbocycles. The molecule has 7 nitrogen and oxygen atoms in total. The Morgan fingerprint density at radius 1 is 1.00 bits per heavy atom. The summed E-state index contributed by atoms with van der Waals surface area (Å²) in [7, 11) is 0. The molecule has 0 radical (unpaired) electrons. The molecule has 5 rings (SSSR count). The Morgan fingerprint density at radius 3 is 2.57 bits per heavy atom. The molecule has 3 aromatic heterocycles. The Morgan fingerprint density at radius 2 is 1.80 bits per heavy atom. The fourth-order valence-corrected chi connectivity index (χ4v) is 3.81. The van der Waals surface area contributed by atoms with Gasteiger partial charge in [-0.3, -0.25) is 0 Å². The number of hydrogen-bond donors (Lipinski definition) is 0. The van der Waals surface area contributed by atoms with Crippen LogP contribution in [0, 0.1) is 11.6 Å². The van der Waals surface area contributed by atoms with Gasteiger partial charge in [0.15, 0.2) is 11.5 Å². The zero-order chi connectivity index (χ0) is 24.4. The first kappa shape index (κ1) is 22.3. The fourth-order valence-electron chi connectivity index (χ4n) is 3.81. The molecule has 0 fully saturated rings. The van der Waals surface area contributed by atoms with Crippen LogP contribution in [0.3, 0.4) is 0 Å². The van der Waals surface area contributed by atoms with Crippen molar-refractivity contribution in [2.24, 2.45) is 0 Å². The van der Waals surface area contributed by atoms with Crippen molar-refractivity contribution in [3.8, 4) is 22.6 Å². The van der Waals surface area contributed by atoms with Crippen molar-refractivity contribution in [1.29, 1.82) is 0 Å². The van der Waals surface area contributed by atoms with Crippen LogP contribution in [0.2, 0.25) is 0 Å². The standard InChI is InChI=1S/C26H19F2N5O2/c1-2-35-26(34)21-12-18(27)9-10-19(21)17-13-30-24(31-14-17)23-20-7-5-11-29-25(20)33(32-23)15-16-6-3-4-8-22(16)28/h3-14H,2,15H2,1H3. The van der Waals surface area contributed by atoms with E-state index >= 15 is 0 Å². The molecule has 174 valence electrons. The number of esters is 1. The number of nitrogens with zero attached hydrogens (tertiary/aromatic N) is 5. The van der Waals surface area contributed by atoms with E-state index in [1.165, 1.54) is 30.6 Å². The van der Waals surface area contributed by atoms with Gasteiger partial charge in [0.2, 0.25) is 0 Å². The Kier molecular flexibility index (Phi) is 5.97. The number of benzene rings is 2. The van der Waals surface area contributed by atoms with Crippen molar-refractivity contribution in [3.63, 3.8) is 0 Å². The number of aromatic nitrogens is 5. The zero-order valence-corrected chi connectivity index (χ0v) is 18.7. The number of rotatable bonds is 6. The highest BCUT2D eigenvalue weighted by Gasteiger charge is 2.19. The first-order valence-electron chi connectivity index (χ1n) is 10.9. The van der Waals surface area contributed by atoms with Crippen LogP contribution in [-0.2, 0) is 11.3 Å². The summed E-state index contributed by atoms with van der Waals surface area (Å²) in [6.07, 6.45) is 4.72. The van der Waals surface area contributed by atoms with E-state index in [1.54, 1.807) is 42.1 Å². The van der Waals surface area contributed by atoms with Crippen LogP contribution >= 0.6 is 0 Å². The molecule has 0 amide bonds. The predicted octanol–water partition coefficient (Wildman–Crippen LogP) is 5.06. The molecule has 3 heterocycles. The van der Waals surface area contributed by atoms with E-state index in [0.717, 1.165) is 6.07 Å². The summed E-state index contributed by atoms with van der Waals surface area (Å²) in [5, 5.41) is 5.33. The van der Waals surface area contributed by atoms with Gasteiger partial charge in [0.05, 0.1) is 24.1 Å². The average molecular weight is 471 g/mol. The zero-order valence-electron chi connectivity index (χ0n) is 18.7. The molecule has 0 saturated heterocycles. The predicted molar refractivity (Wildman–Crippen MR) is 125 cm³/mol. The topological polar surface area (TPSA) is 82.8 Å². The number of halogens is 2. The first-order chi connectivity index (χ1) is 17.0. The van der Waals surface area contributed by atoms with Gasteiger partial charge in [0, 0.05) is 29.7 Å². The third kappa shape index (κ3) is 4.35. The van der Waals surface area contributed by atoms with Crippen molar-refractivity contribution in [2.75, 3.05) is 6.61 Å². The fraction of sp³-hybridized carbons (Fsp3) is 0.115. The normalized spacial score (nSPS) is 11.1. The van der Waals surface area contributed by atoms with E-state index in [4.69, 9.17) is 4.74 Å². The lowest BCUT2D eigenvalue weighted by Crippen LogP contribution is -2.07. The van der Waals surface area contributed by atoms with Crippen LogP contribution in [0.4, 0.5) is 8.78 Å². The maximum atomic E-state index is 14.2. The largest absolute Gasteiger partial charge is 0.462 e. The van der Waals surface area contributed by atoms with Crippen molar-refractivity contribution in [2.45, 2.75) is 13.5 Å². The summed E-state index contributed by atoms with van der Waals surface area (Å²) >= 11 is 0. The minimum atomic E-state index is -0.630. The Bertz CT molecular complexity index is 1530. The van der Waals surface area contributed by atoms with E-state index in [1.807, 2.05) is 6.07 Å². The molecule has 0 saturated carbocycles. The van der Waals surface area contributed by atoms with E-state index in [-0.39, 0.29) is 24.5 Å². The molecule has 5 aromatic rings. The lowest BCUT2D eigenvalue weighted by molar-refractivity contribution is 0.0526. The summed E-state index contributed by atoms with van der Waals surface area (Å²) in [5.41, 5.74) is 2.60. The maximum absolute atomic E-state index is 14.2. The summed E-state index contributed by atoms with van der Waals surface area (Å²) in [6.45, 7) is 2.04. The summed E-state index contributed by atoms with van der Waals surface area (Å²) in [6, 6.07) is 14.0. The molecular weight excluding hydrogens is 452 g/mol. The van der Waals surface area contributed by atoms with Crippen LogP contribution in [-0.4, -0.2) is 37.3 Å². The van der Waals surface area contributed by atoms with Gasteiger partial charge >= 0.3 is 5.97 Å². The maximum Gasteiger partial charge on any atom is 0.338 e. The molecule has 0 unspecified atom stereocenters. The molecular formula is C26H19F2N5O2. The van der Waals surface area contributed by atoms with E-state index in [2.05, 4.69) is 20.1 Å². The second-order valence-corrected chi connectivity index (χ2v) is 7.68. The monoisotopic (exact) mass is 471 g/mol. The van der Waals surface area contributed by atoms with Crippen LogP contribution in [0.25, 0.3) is 33.7 Å². The smallest absolute Gasteiger partial charge is 0.338 e. The molecule has 0 aliphatic heterocycles. The highest BCUT2D eigenvalue weighted by Crippen LogP contribution is 2.28. The number of carbonyl (C=O) groups is 1. The molecule has 0 spiro atoms. The SMILES string of the molecule is CCOC(=O)c1cc(F)ccc1-c1cnc(-c2nn(Cc3ccccc3F)c3ncccc23)nc1. The lowest BCUT2D eigenvalue weighted by Gasteiger charge is -2.09. The van der Waals surface area contributed by atoms with Crippen LogP contribution < -0.4 is 0 Å². The Hall–Kier alpha value is -4.53. The second kappa shape index (κ2) is 9.38. The highest BCUT2D eigenvalue weighted by atomic mass is 19.1. The van der Waals surface area contributed by atoms with Gasteiger partial charge in [0.25, 0.3) is 0 Å². The highest BCUT2D eigenvalue weighted by molar-refractivity contribution is 5.97. The molecule has 0 aliphatic carbocycles. The van der Waals surface area contributed by atoms with Crippen LogP contribution in [0.5, 0.6) is 0 Å². The van der Waals surface area contributed by atoms with Gasteiger partial charge in [-0.05, 0) is 42.8 Å². The van der Waals surface area contributed by atoms with Crippen molar-refractivity contribution in [1.82, 2.24) is 24.7 Å². The molecule has 9 heteroatoms. The number of fused-ring (bicyclic) bond motifs is 1. The minimum absolute atomic E-state index is 0.0898. The summed E-state index contributed by atoms with van der Waals surface area (Å²) in [5.74, 6) is -1.17.